The molecule has 4 nitrogen and oxygen atoms in total. The lowest BCUT2D eigenvalue weighted by Gasteiger charge is -2.21. The van der Waals surface area contributed by atoms with Crippen molar-refractivity contribution in [2.24, 2.45) is 5.92 Å². The SMILES string of the molecule is Nc1cncc(OCC2CCOCC2)c1. The monoisotopic (exact) mass is 208 g/mol. The third kappa shape index (κ3) is 3.09. The lowest BCUT2D eigenvalue weighted by atomic mass is 10.0. The van der Waals surface area contributed by atoms with Crippen molar-refractivity contribution >= 4 is 5.69 Å². The molecule has 0 unspecified atom stereocenters. The molecule has 0 aromatic carbocycles. The Morgan fingerprint density at radius 1 is 1.40 bits per heavy atom. The smallest absolute Gasteiger partial charge is 0.139 e. The van der Waals surface area contributed by atoms with E-state index in [1.807, 2.05) is 0 Å². The van der Waals surface area contributed by atoms with Gasteiger partial charge >= 0.3 is 0 Å². The molecule has 0 radical (unpaired) electrons. The Kier molecular flexibility index (Phi) is 3.40. The molecule has 1 aliphatic rings. The Balaban J connectivity index is 1.81. The maximum atomic E-state index is 5.63. The van der Waals surface area contributed by atoms with Gasteiger partial charge in [0.15, 0.2) is 0 Å². The molecular formula is C11H16N2O2. The predicted octanol–water partition coefficient (Wildman–Crippen LogP) is 1.47. The highest BCUT2D eigenvalue weighted by atomic mass is 16.5. The van der Waals surface area contributed by atoms with Crippen LogP contribution >= 0.6 is 0 Å². The molecule has 0 atom stereocenters. The first-order valence-corrected chi connectivity index (χ1v) is 5.25. The van der Waals surface area contributed by atoms with Crippen molar-refractivity contribution < 1.29 is 9.47 Å². The first-order valence-electron chi connectivity index (χ1n) is 5.25. The first-order chi connectivity index (χ1) is 7.34. The number of rotatable bonds is 3. The molecule has 82 valence electrons. The number of ether oxygens (including phenoxy) is 2. The highest BCUT2D eigenvalue weighted by Crippen LogP contribution is 2.18. The molecule has 0 saturated carbocycles. The number of nitrogens with two attached hydrogens (primary N) is 1. The van der Waals surface area contributed by atoms with E-state index in [9.17, 15) is 0 Å². The minimum absolute atomic E-state index is 0.597. The zero-order chi connectivity index (χ0) is 10.5. The van der Waals surface area contributed by atoms with Gasteiger partial charge in [0, 0.05) is 19.3 Å². The second kappa shape index (κ2) is 4.98. The van der Waals surface area contributed by atoms with Crippen LogP contribution in [0.5, 0.6) is 5.75 Å². The Hall–Kier alpha value is -1.29. The van der Waals surface area contributed by atoms with E-state index in [4.69, 9.17) is 15.2 Å². The molecular weight excluding hydrogens is 192 g/mol. The second-order valence-electron chi connectivity index (χ2n) is 3.82. The molecule has 1 fully saturated rings. The van der Waals surface area contributed by atoms with Crippen LogP contribution in [-0.4, -0.2) is 24.8 Å². The molecule has 0 aliphatic carbocycles. The number of nitrogens with zero attached hydrogens (tertiary/aromatic N) is 1. The number of hydrogen-bond donors (Lipinski definition) is 1. The van der Waals surface area contributed by atoms with Gasteiger partial charge in [-0.3, -0.25) is 4.98 Å². The van der Waals surface area contributed by atoms with E-state index < -0.39 is 0 Å². The maximum Gasteiger partial charge on any atom is 0.139 e. The largest absolute Gasteiger partial charge is 0.492 e. The fourth-order valence-electron chi connectivity index (χ4n) is 1.64. The molecule has 2 heterocycles. The van der Waals surface area contributed by atoms with E-state index in [0.29, 0.717) is 11.6 Å². The summed E-state index contributed by atoms with van der Waals surface area (Å²) in [5.41, 5.74) is 6.24. The van der Waals surface area contributed by atoms with E-state index in [-0.39, 0.29) is 0 Å². The summed E-state index contributed by atoms with van der Waals surface area (Å²) in [5, 5.41) is 0. The van der Waals surface area contributed by atoms with Gasteiger partial charge in [-0.25, -0.2) is 0 Å². The van der Waals surface area contributed by atoms with Crippen molar-refractivity contribution in [2.45, 2.75) is 12.8 Å². The van der Waals surface area contributed by atoms with Crippen molar-refractivity contribution in [3.63, 3.8) is 0 Å². The Labute approximate surface area is 89.4 Å². The fourth-order valence-corrected chi connectivity index (χ4v) is 1.64. The van der Waals surface area contributed by atoms with Crippen molar-refractivity contribution in [2.75, 3.05) is 25.6 Å². The van der Waals surface area contributed by atoms with Gasteiger partial charge in [0.1, 0.15) is 5.75 Å². The summed E-state index contributed by atoms with van der Waals surface area (Å²) in [6, 6.07) is 1.80. The minimum atomic E-state index is 0.597. The molecule has 4 heteroatoms. The van der Waals surface area contributed by atoms with Crippen molar-refractivity contribution in [1.29, 1.82) is 0 Å². The van der Waals surface area contributed by atoms with Crippen molar-refractivity contribution in [3.05, 3.63) is 18.5 Å². The third-order valence-electron chi connectivity index (χ3n) is 2.56. The van der Waals surface area contributed by atoms with Gasteiger partial charge in [0.25, 0.3) is 0 Å². The van der Waals surface area contributed by atoms with Gasteiger partial charge in [-0.15, -0.1) is 0 Å². The van der Waals surface area contributed by atoms with Crippen LogP contribution in [0.2, 0.25) is 0 Å². The number of hydrogen-bond acceptors (Lipinski definition) is 4. The van der Waals surface area contributed by atoms with E-state index in [1.54, 1.807) is 18.5 Å². The van der Waals surface area contributed by atoms with Crippen LogP contribution < -0.4 is 10.5 Å². The summed E-state index contributed by atoms with van der Waals surface area (Å²) in [4.78, 5) is 3.97. The van der Waals surface area contributed by atoms with E-state index in [0.717, 1.165) is 38.4 Å². The summed E-state index contributed by atoms with van der Waals surface area (Å²) in [6.45, 7) is 2.43. The zero-order valence-electron chi connectivity index (χ0n) is 8.69. The van der Waals surface area contributed by atoms with Crippen molar-refractivity contribution in [3.8, 4) is 5.75 Å². The number of nitrogen functional groups attached to an aromatic ring is 1. The lowest BCUT2D eigenvalue weighted by Crippen LogP contribution is -2.21. The van der Waals surface area contributed by atoms with Gasteiger partial charge in [-0.2, -0.15) is 0 Å². The van der Waals surface area contributed by atoms with Crippen LogP contribution in [0.15, 0.2) is 18.5 Å². The molecule has 2 N–H and O–H groups in total. The van der Waals surface area contributed by atoms with Crippen LogP contribution in [0.25, 0.3) is 0 Å². The van der Waals surface area contributed by atoms with Crippen LogP contribution in [-0.2, 0) is 4.74 Å². The Morgan fingerprint density at radius 3 is 2.93 bits per heavy atom. The topological polar surface area (TPSA) is 57.4 Å². The van der Waals surface area contributed by atoms with Gasteiger partial charge in [0.2, 0.25) is 0 Å². The second-order valence-corrected chi connectivity index (χ2v) is 3.82. The average Bonchev–Trinajstić information content (AvgIpc) is 2.28. The highest BCUT2D eigenvalue weighted by Gasteiger charge is 2.14. The molecule has 15 heavy (non-hydrogen) atoms. The average molecular weight is 208 g/mol. The lowest BCUT2D eigenvalue weighted by molar-refractivity contribution is 0.0497. The van der Waals surface area contributed by atoms with Crippen molar-refractivity contribution in [1.82, 2.24) is 4.98 Å². The minimum Gasteiger partial charge on any atom is -0.492 e. The molecule has 2 rings (SSSR count). The normalized spacial score (nSPS) is 17.6. The zero-order valence-corrected chi connectivity index (χ0v) is 8.69. The molecule has 1 aliphatic heterocycles. The Bertz CT molecular complexity index is 311. The molecule has 0 amide bonds. The van der Waals surface area contributed by atoms with Gasteiger partial charge in [0.05, 0.1) is 24.7 Å². The summed E-state index contributed by atoms with van der Waals surface area (Å²) in [5.74, 6) is 1.35. The molecule has 1 aromatic rings. The van der Waals surface area contributed by atoms with Crippen LogP contribution in [0.3, 0.4) is 0 Å². The first kappa shape index (κ1) is 10.2. The molecule has 0 spiro atoms. The fraction of sp³-hybridized carbons (Fsp3) is 0.545. The number of aromatic nitrogens is 1. The van der Waals surface area contributed by atoms with Gasteiger partial charge in [-0.05, 0) is 18.8 Å². The molecule has 1 saturated heterocycles. The van der Waals surface area contributed by atoms with Gasteiger partial charge in [-0.1, -0.05) is 0 Å². The summed E-state index contributed by atoms with van der Waals surface area (Å²) in [7, 11) is 0. The van der Waals surface area contributed by atoms with E-state index >= 15 is 0 Å². The number of anilines is 1. The molecule has 1 aromatic heterocycles. The Morgan fingerprint density at radius 2 is 2.20 bits per heavy atom. The number of pyridine rings is 1. The van der Waals surface area contributed by atoms with E-state index in [2.05, 4.69) is 4.98 Å². The van der Waals surface area contributed by atoms with Crippen LogP contribution in [0.4, 0.5) is 5.69 Å². The van der Waals surface area contributed by atoms with Gasteiger partial charge < -0.3 is 15.2 Å². The van der Waals surface area contributed by atoms with Crippen LogP contribution in [0, 0.1) is 5.92 Å². The van der Waals surface area contributed by atoms with Crippen LogP contribution in [0.1, 0.15) is 12.8 Å². The standard InChI is InChI=1S/C11H16N2O2/c12-10-5-11(7-13-6-10)15-8-9-1-3-14-4-2-9/h5-7,9H,1-4,8,12H2. The maximum absolute atomic E-state index is 5.63. The summed E-state index contributed by atoms with van der Waals surface area (Å²) in [6.07, 6.45) is 5.46. The predicted molar refractivity (Wildman–Crippen MR) is 57.7 cm³/mol. The molecule has 0 bridgehead atoms. The highest BCUT2D eigenvalue weighted by molar-refractivity contribution is 5.39. The quantitative estimate of drug-likeness (QED) is 0.817. The third-order valence-corrected chi connectivity index (χ3v) is 2.56. The summed E-state index contributed by atoms with van der Waals surface area (Å²) < 4.78 is 10.9. The van der Waals surface area contributed by atoms with E-state index in [1.165, 1.54) is 0 Å². The summed E-state index contributed by atoms with van der Waals surface area (Å²) >= 11 is 0.